The van der Waals surface area contributed by atoms with Crippen molar-refractivity contribution in [1.29, 1.82) is 0 Å². The number of carboxylic acid groups (broad SMARTS) is 2. The number of hydrogen-bond acceptors (Lipinski definition) is 2. The highest BCUT2D eigenvalue weighted by molar-refractivity contribution is 5.69. The van der Waals surface area contributed by atoms with E-state index in [0.29, 0.717) is 6.42 Å². The summed E-state index contributed by atoms with van der Waals surface area (Å²) in [5.74, 6) is -1.39. The average molecular weight is 565 g/mol. The molecule has 2 N–H and O–H groups in total. The Labute approximate surface area is 249 Å². The zero-order chi connectivity index (χ0) is 29.4. The molecule has 0 aliphatic rings. The van der Waals surface area contributed by atoms with Crippen molar-refractivity contribution >= 4 is 11.9 Å². The molecule has 40 heavy (non-hydrogen) atoms. The van der Waals surface area contributed by atoms with E-state index in [9.17, 15) is 14.7 Å². The maximum atomic E-state index is 11.6. The first kappa shape index (κ1) is 38.7. The lowest BCUT2D eigenvalue weighted by Gasteiger charge is -2.12. The minimum atomic E-state index is -0.670. The summed E-state index contributed by atoms with van der Waals surface area (Å²) in [7, 11) is 0. The van der Waals surface area contributed by atoms with Crippen molar-refractivity contribution in [3.05, 3.63) is 12.2 Å². The van der Waals surface area contributed by atoms with Gasteiger partial charge in [-0.05, 0) is 44.9 Å². The molecule has 0 radical (unpaired) electrons. The third-order valence-electron chi connectivity index (χ3n) is 8.36. The quantitative estimate of drug-likeness (QED) is 0.0614. The third kappa shape index (κ3) is 31.2. The summed E-state index contributed by atoms with van der Waals surface area (Å²) in [6, 6.07) is 0. The molecular weight excluding hydrogens is 496 g/mol. The summed E-state index contributed by atoms with van der Waals surface area (Å²) in [5.41, 5.74) is 0. The zero-order valence-electron chi connectivity index (χ0n) is 26.7. The van der Waals surface area contributed by atoms with E-state index in [1.807, 2.05) is 0 Å². The van der Waals surface area contributed by atoms with Crippen LogP contribution in [0.1, 0.15) is 200 Å². The van der Waals surface area contributed by atoms with E-state index in [1.165, 1.54) is 148 Å². The fourth-order valence-corrected chi connectivity index (χ4v) is 5.64. The van der Waals surface area contributed by atoms with Gasteiger partial charge >= 0.3 is 11.9 Å². The molecule has 4 nitrogen and oxygen atoms in total. The SMILES string of the molecule is CCCCCCCCC=CCCCCCCC(CCCCCCCCCCCCCCCCCC(=O)O)C(=O)O. The van der Waals surface area contributed by atoms with Crippen LogP contribution in [0.4, 0.5) is 0 Å². The molecule has 0 amide bonds. The normalized spacial score (nSPS) is 12.3. The smallest absolute Gasteiger partial charge is 0.306 e. The van der Waals surface area contributed by atoms with Crippen LogP contribution in [0.25, 0.3) is 0 Å². The van der Waals surface area contributed by atoms with Gasteiger partial charge in [0.25, 0.3) is 0 Å². The number of allylic oxidation sites excluding steroid dienone is 2. The molecule has 0 saturated carbocycles. The van der Waals surface area contributed by atoms with Gasteiger partial charge in [0.2, 0.25) is 0 Å². The fourth-order valence-electron chi connectivity index (χ4n) is 5.64. The summed E-state index contributed by atoms with van der Waals surface area (Å²) in [6.45, 7) is 2.27. The van der Waals surface area contributed by atoms with Gasteiger partial charge in [-0.25, -0.2) is 0 Å². The monoisotopic (exact) mass is 565 g/mol. The molecule has 1 unspecified atom stereocenters. The second-order valence-corrected chi connectivity index (χ2v) is 12.3. The van der Waals surface area contributed by atoms with E-state index in [-0.39, 0.29) is 5.92 Å². The van der Waals surface area contributed by atoms with Gasteiger partial charge in [-0.3, -0.25) is 9.59 Å². The molecule has 0 heterocycles. The van der Waals surface area contributed by atoms with E-state index in [1.54, 1.807) is 0 Å². The number of hydrogen-bond donors (Lipinski definition) is 2. The Morgan fingerprint density at radius 2 is 0.800 bits per heavy atom. The molecule has 0 spiro atoms. The van der Waals surface area contributed by atoms with Gasteiger partial charge in [0.15, 0.2) is 0 Å². The largest absolute Gasteiger partial charge is 0.481 e. The van der Waals surface area contributed by atoms with Crippen molar-refractivity contribution in [2.75, 3.05) is 0 Å². The number of aliphatic carboxylic acids is 2. The van der Waals surface area contributed by atoms with Crippen LogP contribution >= 0.6 is 0 Å². The van der Waals surface area contributed by atoms with Crippen molar-refractivity contribution in [3.8, 4) is 0 Å². The zero-order valence-corrected chi connectivity index (χ0v) is 26.7. The minimum Gasteiger partial charge on any atom is -0.481 e. The number of unbranched alkanes of at least 4 members (excludes halogenated alkanes) is 24. The molecule has 4 heteroatoms. The topological polar surface area (TPSA) is 74.6 Å². The molecule has 0 saturated heterocycles. The first-order chi connectivity index (χ1) is 19.6. The molecule has 0 bridgehead atoms. The van der Waals surface area contributed by atoms with Crippen molar-refractivity contribution in [3.63, 3.8) is 0 Å². The summed E-state index contributed by atoms with van der Waals surface area (Å²) in [4.78, 5) is 22.1. The van der Waals surface area contributed by atoms with Gasteiger partial charge in [-0.1, -0.05) is 160 Å². The Kier molecular flexibility index (Phi) is 31.1. The number of carbonyl (C=O) groups is 2. The van der Waals surface area contributed by atoms with Gasteiger partial charge in [0, 0.05) is 6.42 Å². The standard InChI is InChI=1S/C36H68O4/c1-2-3-4-5-6-7-8-9-13-16-19-22-25-28-31-34(36(39)40)32-29-26-23-20-17-14-11-10-12-15-18-21-24-27-30-33-35(37)38/h9,13,34H,2-8,10-12,14-33H2,1H3,(H,37,38)(H,39,40). The molecular formula is C36H68O4. The predicted molar refractivity (Wildman–Crippen MR) is 172 cm³/mol. The Bertz CT molecular complexity index is 571. The molecule has 0 fully saturated rings. The minimum absolute atomic E-state index is 0.137. The van der Waals surface area contributed by atoms with E-state index < -0.39 is 11.9 Å². The van der Waals surface area contributed by atoms with Crippen LogP contribution in [-0.4, -0.2) is 22.2 Å². The van der Waals surface area contributed by atoms with Crippen LogP contribution in [0.15, 0.2) is 12.2 Å². The fraction of sp³-hybridized carbons (Fsp3) is 0.889. The first-order valence-corrected chi connectivity index (χ1v) is 17.7. The summed E-state index contributed by atoms with van der Waals surface area (Å²) < 4.78 is 0. The summed E-state index contributed by atoms with van der Waals surface area (Å²) in [5, 5.41) is 18.2. The summed E-state index contributed by atoms with van der Waals surface area (Å²) >= 11 is 0. The Morgan fingerprint density at radius 3 is 1.15 bits per heavy atom. The molecule has 0 rings (SSSR count). The van der Waals surface area contributed by atoms with E-state index >= 15 is 0 Å². The second kappa shape index (κ2) is 32.2. The lowest BCUT2D eigenvalue weighted by atomic mass is 9.94. The molecule has 236 valence electrons. The average Bonchev–Trinajstić information content (AvgIpc) is 2.93. The van der Waals surface area contributed by atoms with Crippen LogP contribution in [-0.2, 0) is 9.59 Å². The Morgan fingerprint density at radius 1 is 0.475 bits per heavy atom. The van der Waals surface area contributed by atoms with E-state index in [0.717, 1.165) is 38.5 Å². The van der Waals surface area contributed by atoms with E-state index in [2.05, 4.69) is 19.1 Å². The van der Waals surface area contributed by atoms with Crippen LogP contribution in [0, 0.1) is 5.92 Å². The molecule has 0 aliphatic carbocycles. The van der Waals surface area contributed by atoms with Crippen LogP contribution < -0.4 is 0 Å². The highest BCUT2D eigenvalue weighted by atomic mass is 16.4. The molecule has 0 aromatic rings. The van der Waals surface area contributed by atoms with Gasteiger partial charge in [0.05, 0.1) is 5.92 Å². The maximum absolute atomic E-state index is 11.6. The maximum Gasteiger partial charge on any atom is 0.306 e. The van der Waals surface area contributed by atoms with Gasteiger partial charge in [-0.15, -0.1) is 0 Å². The Balaban J connectivity index is 3.43. The molecule has 0 aliphatic heterocycles. The number of rotatable bonds is 33. The Hall–Kier alpha value is -1.32. The van der Waals surface area contributed by atoms with Crippen molar-refractivity contribution in [2.24, 2.45) is 5.92 Å². The molecule has 1 atom stereocenters. The third-order valence-corrected chi connectivity index (χ3v) is 8.36. The van der Waals surface area contributed by atoms with Crippen molar-refractivity contribution < 1.29 is 19.8 Å². The van der Waals surface area contributed by atoms with Crippen molar-refractivity contribution in [2.45, 2.75) is 200 Å². The van der Waals surface area contributed by atoms with Gasteiger partial charge in [-0.2, -0.15) is 0 Å². The summed E-state index contributed by atoms with van der Waals surface area (Å²) in [6.07, 6.45) is 40.4. The van der Waals surface area contributed by atoms with E-state index in [4.69, 9.17) is 5.11 Å². The highest BCUT2D eigenvalue weighted by Gasteiger charge is 2.16. The lowest BCUT2D eigenvalue weighted by Crippen LogP contribution is -2.13. The second-order valence-electron chi connectivity index (χ2n) is 12.3. The van der Waals surface area contributed by atoms with Gasteiger partial charge < -0.3 is 10.2 Å². The van der Waals surface area contributed by atoms with Crippen LogP contribution in [0.5, 0.6) is 0 Å². The van der Waals surface area contributed by atoms with Crippen LogP contribution in [0.2, 0.25) is 0 Å². The number of carboxylic acids is 2. The van der Waals surface area contributed by atoms with Gasteiger partial charge in [0.1, 0.15) is 0 Å². The lowest BCUT2D eigenvalue weighted by molar-refractivity contribution is -0.142. The molecule has 0 aromatic heterocycles. The first-order valence-electron chi connectivity index (χ1n) is 17.7. The van der Waals surface area contributed by atoms with Crippen molar-refractivity contribution in [1.82, 2.24) is 0 Å². The molecule has 0 aromatic carbocycles. The van der Waals surface area contributed by atoms with Crippen LogP contribution in [0.3, 0.4) is 0 Å². The highest BCUT2D eigenvalue weighted by Crippen LogP contribution is 2.20. The predicted octanol–water partition coefficient (Wildman–Crippen LogP) is 12.1.